The van der Waals surface area contributed by atoms with Crippen LogP contribution in [0.25, 0.3) is 5.69 Å². The number of carbonyl (C=O) groups is 1. The van der Waals surface area contributed by atoms with Crippen LogP contribution in [-0.4, -0.2) is 22.6 Å². The van der Waals surface area contributed by atoms with E-state index in [0.29, 0.717) is 5.56 Å². The van der Waals surface area contributed by atoms with Gasteiger partial charge in [0.25, 0.3) is 0 Å². The predicted octanol–water partition coefficient (Wildman–Crippen LogP) is 3.95. The number of thioether (sulfide) groups is 1. The molecule has 0 atom stereocenters. The quantitative estimate of drug-likeness (QED) is 0.526. The van der Waals surface area contributed by atoms with Gasteiger partial charge in [0.1, 0.15) is 0 Å². The summed E-state index contributed by atoms with van der Waals surface area (Å²) in [6, 6.07) is 17.6. The third kappa shape index (κ3) is 3.63. The van der Waals surface area contributed by atoms with Crippen molar-refractivity contribution in [3.05, 3.63) is 78.1 Å². The summed E-state index contributed by atoms with van der Waals surface area (Å²) >= 11 is 1.63. The highest BCUT2D eigenvalue weighted by Gasteiger charge is 2.08. The molecule has 3 aromatic rings. The fourth-order valence-electron chi connectivity index (χ4n) is 2.24. The molecule has 0 radical (unpaired) electrons. The van der Waals surface area contributed by atoms with Gasteiger partial charge in [-0.15, -0.1) is 0 Å². The van der Waals surface area contributed by atoms with E-state index in [4.69, 9.17) is 4.74 Å². The maximum absolute atomic E-state index is 11.6. The van der Waals surface area contributed by atoms with Gasteiger partial charge in [-0.3, -0.25) is 4.57 Å². The van der Waals surface area contributed by atoms with Crippen molar-refractivity contribution in [2.24, 2.45) is 0 Å². The lowest BCUT2D eigenvalue weighted by atomic mass is 10.1. The summed E-state index contributed by atoms with van der Waals surface area (Å²) in [4.78, 5) is 16.0. The van der Waals surface area contributed by atoms with Crippen LogP contribution in [0.5, 0.6) is 0 Å². The molecule has 0 aliphatic heterocycles. The van der Waals surface area contributed by atoms with Crippen molar-refractivity contribution >= 4 is 17.7 Å². The minimum absolute atomic E-state index is 0.317. The van der Waals surface area contributed by atoms with Gasteiger partial charge in [0.05, 0.1) is 12.7 Å². The number of carbonyl (C=O) groups excluding carboxylic acids is 1. The van der Waals surface area contributed by atoms with Crippen molar-refractivity contribution in [1.82, 2.24) is 9.55 Å². The van der Waals surface area contributed by atoms with Crippen molar-refractivity contribution < 1.29 is 9.53 Å². The zero-order valence-corrected chi connectivity index (χ0v) is 13.5. The summed E-state index contributed by atoms with van der Waals surface area (Å²) in [7, 11) is 1.39. The minimum Gasteiger partial charge on any atom is -0.465 e. The first-order valence-electron chi connectivity index (χ1n) is 7.17. The molecular weight excluding hydrogens is 308 g/mol. The topological polar surface area (TPSA) is 44.1 Å². The van der Waals surface area contributed by atoms with Gasteiger partial charge < -0.3 is 4.74 Å². The Morgan fingerprint density at radius 1 is 1.17 bits per heavy atom. The van der Waals surface area contributed by atoms with E-state index in [1.54, 1.807) is 24.0 Å². The molecule has 0 unspecified atom stereocenters. The molecule has 0 saturated heterocycles. The molecule has 1 aromatic heterocycles. The van der Waals surface area contributed by atoms with Gasteiger partial charge in [0.15, 0.2) is 5.16 Å². The van der Waals surface area contributed by atoms with Crippen LogP contribution >= 0.6 is 11.8 Å². The molecule has 116 valence electrons. The number of rotatable bonds is 5. The van der Waals surface area contributed by atoms with Gasteiger partial charge in [-0.25, -0.2) is 9.78 Å². The van der Waals surface area contributed by atoms with E-state index in [-0.39, 0.29) is 5.97 Å². The largest absolute Gasteiger partial charge is 0.465 e. The summed E-state index contributed by atoms with van der Waals surface area (Å²) in [5, 5.41) is 0.916. The first-order valence-corrected chi connectivity index (χ1v) is 8.15. The molecule has 0 aliphatic carbocycles. The Labute approximate surface area is 139 Å². The SMILES string of the molecule is COC(=O)c1cccc(CSc2nccn2-c2ccccc2)c1. The van der Waals surface area contributed by atoms with Crippen LogP contribution in [0.2, 0.25) is 0 Å². The molecular formula is C18H16N2O2S. The monoisotopic (exact) mass is 324 g/mol. The highest BCUT2D eigenvalue weighted by atomic mass is 32.2. The number of methoxy groups -OCH3 is 1. The van der Waals surface area contributed by atoms with E-state index < -0.39 is 0 Å². The highest BCUT2D eigenvalue weighted by molar-refractivity contribution is 7.98. The summed E-state index contributed by atoms with van der Waals surface area (Å²) in [6.45, 7) is 0. The van der Waals surface area contributed by atoms with Gasteiger partial charge in [0.2, 0.25) is 0 Å². The Morgan fingerprint density at radius 3 is 2.78 bits per heavy atom. The fraction of sp³-hybridized carbons (Fsp3) is 0.111. The first-order chi connectivity index (χ1) is 11.3. The van der Waals surface area contributed by atoms with E-state index in [2.05, 4.69) is 9.55 Å². The molecule has 3 rings (SSSR count). The molecule has 0 amide bonds. The van der Waals surface area contributed by atoms with E-state index in [1.165, 1.54) is 7.11 Å². The molecule has 23 heavy (non-hydrogen) atoms. The Kier molecular flexibility index (Phi) is 4.78. The van der Waals surface area contributed by atoms with Gasteiger partial charge >= 0.3 is 5.97 Å². The molecule has 0 N–H and O–H groups in total. The summed E-state index contributed by atoms with van der Waals surface area (Å²) < 4.78 is 6.81. The second kappa shape index (κ2) is 7.15. The lowest BCUT2D eigenvalue weighted by Crippen LogP contribution is -2.01. The van der Waals surface area contributed by atoms with Gasteiger partial charge in [-0.2, -0.15) is 0 Å². The van der Waals surface area contributed by atoms with E-state index in [1.807, 2.05) is 54.7 Å². The highest BCUT2D eigenvalue weighted by Crippen LogP contribution is 2.24. The Morgan fingerprint density at radius 2 is 2.00 bits per heavy atom. The van der Waals surface area contributed by atoms with E-state index in [9.17, 15) is 4.79 Å². The van der Waals surface area contributed by atoms with Crippen LogP contribution in [0.4, 0.5) is 0 Å². The van der Waals surface area contributed by atoms with Crippen molar-refractivity contribution in [3.63, 3.8) is 0 Å². The smallest absolute Gasteiger partial charge is 0.337 e. The maximum atomic E-state index is 11.6. The molecule has 5 heteroatoms. The normalized spacial score (nSPS) is 10.5. The third-order valence-corrected chi connectivity index (χ3v) is 4.40. The van der Waals surface area contributed by atoms with Crippen LogP contribution < -0.4 is 0 Å². The van der Waals surface area contributed by atoms with Crippen LogP contribution in [0.3, 0.4) is 0 Å². The fourth-order valence-corrected chi connectivity index (χ4v) is 3.15. The van der Waals surface area contributed by atoms with Crippen molar-refractivity contribution in [1.29, 1.82) is 0 Å². The summed E-state index contributed by atoms with van der Waals surface area (Å²) in [6.07, 6.45) is 3.74. The van der Waals surface area contributed by atoms with Crippen LogP contribution in [0, 0.1) is 0 Å². The second-order valence-electron chi connectivity index (χ2n) is 4.90. The van der Waals surface area contributed by atoms with Crippen LogP contribution in [-0.2, 0) is 10.5 Å². The number of para-hydroxylation sites is 1. The number of ether oxygens (including phenoxy) is 1. The molecule has 0 saturated carbocycles. The lowest BCUT2D eigenvalue weighted by Gasteiger charge is -2.08. The number of esters is 1. The van der Waals surface area contributed by atoms with Crippen molar-refractivity contribution in [2.45, 2.75) is 10.9 Å². The molecule has 2 aromatic carbocycles. The Balaban J connectivity index is 1.75. The van der Waals surface area contributed by atoms with Gasteiger partial charge in [-0.1, -0.05) is 42.1 Å². The average Bonchev–Trinajstić information content (AvgIpc) is 3.09. The molecule has 0 fully saturated rings. The minimum atomic E-state index is -0.317. The lowest BCUT2D eigenvalue weighted by molar-refractivity contribution is 0.0600. The van der Waals surface area contributed by atoms with Crippen molar-refractivity contribution in [2.75, 3.05) is 7.11 Å². The number of aromatic nitrogens is 2. The van der Waals surface area contributed by atoms with Crippen molar-refractivity contribution in [3.8, 4) is 5.69 Å². The van der Waals surface area contributed by atoms with Crippen LogP contribution in [0.1, 0.15) is 15.9 Å². The summed E-state index contributed by atoms with van der Waals surface area (Å²) in [5.41, 5.74) is 2.70. The standard InChI is InChI=1S/C18H16N2O2S/c1-22-17(21)15-7-5-6-14(12-15)13-23-18-19-10-11-20(18)16-8-3-2-4-9-16/h2-12H,13H2,1H3. The summed E-state index contributed by atoms with van der Waals surface area (Å²) in [5.74, 6) is 0.414. The maximum Gasteiger partial charge on any atom is 0.337 e. The Hall–Kier alpha value is -2.53. The molecule has 0 spiro atoms. The zero-order chi connectivity index (χ0) is 16.1. The molecule has 1 heterocycles. The number of nitrogens with zero attached hydrogens (tertiary/aromatic N) is 2. The number of hydrogen-bond donors (Lipinski definition) is 0. The number of hydrogen-bond acceptors (Lipinski definition) is 4. The van der Waals surface area contributed by atoms with Gasteiger partial charge in [0, 0.05) is 23.8 Å². The second-order valence-corrected chi connectivity index (χ2v) is 5.84. The molecule has 4 nitrogen and oxygen atoms in total. The van der Waals surface area contributed by atoms with Gasteiger partial charge in [-0.05, 0) is 29.8 Å². The first kappa shape index (κ1) is 15.4. The van der Waals surface area contributed by atoms with Crippen LogP contribution in [0.15, 0.2) is 72.1 Å². The zero-order valence-electron chi connectivity index (χ0n) is 12.7. The Bertz CT molecular complexity index is 800. The van der Waals surface area contributed by atoms with E-state index in [0.717, 1.165) is 22.2 Å². The number of imidazole rings is 1. The molecule has 0 bridgehead atoms. The third-order valence-electron chi connectivity index (χ3n) is 3.36. The number of benzene rings is 2. The molecule has 0 aliphatic rings. The predicted molar refractivity (Wildman–Crippen MR) is 90.9 cm³/mol. The van der Waals surface area contributed by atoms with E-state index >= 15 is 0 Å². The average molecular weight is 324 g/mol.